The van der Waals surface area contributed by atoms with Gasteiger partial charge in [-0.1, -0.05) is 12.1 Å². The summed E-state index contributed by atoms with van der Waals surface area (Å²) in [4.78, 5) is 0. The van der Waals surface area contributed by atoms with E-state index >= 15 is 0 Å². The highest BCUT2D eigenvalue weighted by molar-refractivity contribution is 5.83. The van der Waals surface area contributed by atoms with Crippen molar-refractivity contribution < 1.29 is 4.42 Å². The van der Waals surface area contributed by atoms with Crippen LogP contribution in [0, 0.1) is 20.8 Å². The van der Waals surface area contributed by atoms with E-state index in [9.17, 15) is 0 Å². The lowest BCUT2D eigenvalue weighted by Crippen LogP contribution is -2.12. The Morgan fingerprint density at radius 1 is 1.25 bits per heavy atom. The molecule has 0 aliphatic carbocycles. The molecule has 4 heteroatoms. The van der Waals surface area contributed by atoms with Crippen molar-refractivity contribution in [1.29, 1.82) is 0 Å². The first-order valence-corrected chi connectivity index (χ1v) is 6.72. The van der Waals surface area contributed by atoms with Gasteiger partial charge in [-0.2, -0.15) is 5.10 Å². The molecular formula is C16H19N3O. The van der Waals surface area contributed by atoms with E-state index in [0.29, 0.717) is 0 Å². The zero-order valence-electron chi connectivity index (χ0n) is 12.3. The lowest BCUT2D eigenvalue weighted by molar-refractivity contribution is 0.520. The largest absolute Gasteiger partial charge is 0.459 e. The Morgan fingerprint density at radius 2 is 2.00 bits per heavy atom. The summed E-state index contributed by atoms with van der Waals surface area (Å²) in [5.41, 5.74) is 11.5. The first kappa shape index (κ1) is 12.9. The van der Waals surface area contributed by atoms with Crippen LogP contribution in [0.2, 0.25) is 0 Å². The summed E-state index contributed by atoms with van der Waals surface area (Å²) in [5, 5.41) is 5.48. The maximum Gasteiger partial charge on any atom is 0.134 e. The average Bonchev–Trinajstić information content (AvgIpc) is 2.89. The van der Waals surface area contributed by atoms with Gasteiger partial charge in [0.05, 0.1) is 11.7 Å². The third-order valence-electron chi connectivity index (χ3n) is 3.80. The van der Waals surface area contributed by atoms with Gasteiger partial charge in [0.1, 0.15) is 11.3 Å². The zero-order chi connectivity index (χ0) is 14.4. The van der Waals surface area contributed by atoms with Crippen LogP contribution in [-0.4, -0.2) is 9.78 Å². The molecule has 0 radical (unpaired) electrons. The summed E-state index contributed by atoms with van der Waals surface area (Å²) >= 11 is 0. The van der Waals surface area contributed by atoms with E-state index in [1.54, 1.807) is 4.68 Å². The predicted molar refractivity (Wildman–Crippen MR) is 79.7 cm³/mol. The fourth-order valence-electron chi connectivity index (χ4n) is 2.71. The second kappa shape index (κ2) is 4.49. The third kappa shape index (κ3) is 1.93. The number of aryl methyl sites for hydroxylation is 4. The third-order valence-corrected chi connectivity index (χ3v) is 3.80. The number of fused-ring (bicyclic) bond motifs is 1. The summed E-state index contributed by atoms with van der Waals surface area (Å²) in [7, 11) is 1.90. The molecule has 0 saturated heterocycles. The van der Waals surface area contributed by atoms with Crippen molar-refractivity contribution in [2.24, 2.45) is 12.8 Å². The maximum absolute atomic E-state index is 6.39. The molecule has 1 atom stereocenters. The predicted octanol–water partition coefficient (Wildman–Crippen LogP) is 3.14. The topological polar surface area (TPSA) is 57.0 Å². The minimum Gasteiger partial charge on any atom is -0.459 e. The molecule has 4 nitrogen and oxygen atoms in total. The molecule has 0 bridgehead atoms. The molecule has 3 aromatic rings. The van der Waals surface area contributed by atoms with Crippen LogP contribution >= 0.6 is 0 Å². The van der Waals surface area contributed by atoms with Crippen molar-refractivity contribution in [3.8, 4) is 0 Å². The van der Waals surface area contributed by atoms with E-state index in [4.69, 9.17) is 10.2 Å². The van der Waals surface area contributed by atoms with Crippen molar-refractivity contribution in [2.75, 3.05) is 0 Å². The number of rotatable bonds is 2. The van der Waals surface area contributed by atoms with E-state index in [-0.39, 0.29) is 6.04 Å². The van der Waals surface area contributed by atoms with Crippen molar-refractivity contribution in [3.05, 3.63) is 52.5 Å². The number of nitrogens with two attached hydrogens (primary N) is 1. The second-order valence-corrected chi connectivity index (χ2v) is 5.41. The van der Waals surface area contributed by atoms with Crippen LogP contribution < -0.4 is 5.73 Å². The molecule has 2 heterocycles. The van der Waals surface area contributed by atoms with E-state index < -0.39 is 0 Å². The quantitative estimate of drug-likeness (QED) is 0.777. The Kier molecular flexibility index (Phi) is 2.91. The smallest absolute Gasteiger partial charge is 0.134 e. The van der Waals surface area contributed by atoms with Crippen LogP contribution in [0.1, 0.15) is 34.2 Å². The minimum atomic E-state index is -0.281. The highest BCUT2D eigenvalue weighted by Gasteiger charge is 2.21. The fourth-order valence-corrected chi connectivity index (χ4v) is 2.71. The number of nitrogens with zero attached hydrogens (tertiary/aromatic N) is 2. The molecule has 2 N–H and O–H groups in total. The van der Waals surface area contributed by atoms with E-state index in [2.05, 4.69) is 37.1 Å². The molecule has 1 aromatic carbocycles. The number of furan rings is 1. The van der Waals surface area contributed by atoms with Gasteiger partial charge in [0.15, 0.2) is 0 Å². The van der Waals surface area contributed by atoms with Gasteiger partial charge in [-0.25, -0.2) is 0 Å². The molecular weight excluding hydrogens is 250 g/mol. The zero-order valence-corrected chi connectivity index (χ0v) is 12.3. The van der Waals surface area contributed by atoms with Crippen LogP contribution in [0.3, 0.4) is 0 Å². The SMILES string of the molecule is Cc1ccc2c(C)c(C(N)c3cn(C)nc3C)oc2c1. The first-order valence-electron chi connectivity index (χ1n) is 6.72. The lowest BCUT2D eigenvalue weighted by atomic mass is 10.0. The van der Waals surface area contributed by atoms with Crippen molar-refractivity contribution in [1.82, 2.24) is 9.78 Å². The second-order valence-electron chi connectivity index (χ2n) is 5.41. The molecule has 3 rings (SSSR count). The van der Waals surface area contributed by atoms with E-state index in [0.717, 1.165) is 33.6 Å². The number of hydrogen-bond donors (Lipinski definition) is 1. The van der Waals surface area contributed by atoms with Gasteiger partial charge in [0, 0.05) is 29.8 Å². The molecule has 0 aliphatic rings. The normalized spacial score (nSPS) is 13.1. The Balaban J connectivity index is 2.14. The molecule has 2 aromatic heterocycles. The highest BCUT2D eigenvalue weighted by Crippen LogP contribution is 2.32. The summed E-state index contributed by atoms with van der Waals surface area (Å²) in [6.45, 7) is 6.08. The van der Waals surface area contributed by atoms with E-state index in [1.165, 1.54) is 5.56 Å². The van der Waals surface area contributed by atoms with E-state index in [1.807, 2.05) is 20.2 Å². The Bertz CT molecular complexity index is 782. The van der Waals surface area contributed by atoms with Crippen molar-refractivity contribution in [2.45, 2.75) is 26.8 Å². The molecule has 0 fully saturated rings. The average molecular weight is 269 g/mol. The molecule has 0 spiro atoms. The summed E-state index contributed by atoms with van der Waals surface area (Å²) in [6, 6.07) is 5.95. The Morgan fingerprint density at radius 3 is 2.65 bits per heavy atom. The molecule has 0 amide bonds. The highest BCUT2D eigenvalue weighted by atomic mass is 16.3. The molecule has 0 aliphatic heterocycles. The van der Waals surface area contributed by atoms with Gasteiger partial charge in [0.2, 0.25) is 0 Å². The van der Waals surface area contributed by atoms with Gasteiger partial charge in [-0.15, -0.1) is 0 Å². The van der Waals surface area contributed by atoms with Crippen molar-refractivity contribution in [3.63, 3.8) is 0 Å². The number of hydrogen-bond acceptors (Lipinski definition) is 3. The summed E-state index contributed by atoms with van der Waals surface area (Å²) in [5.74, 6) is 0.821. The summed E-state index contributed by atoms with van der Waals surface area (Å²) in [6.07, 6.45) is 1.96. The van der Waals surface area contributed by atoms with Gasteiger partial charge in [0.25, 0.3) is 0 Å². The lowest BCUT2D eigenvalue weighted by Gasteiger charge is -2.08. The van der Waals surface area contributed by atoms with Gasteiger partial charge < -0.3 is 10.2 Å². The Labute approximate surface area is 118 Å². The number of benzene rings is 1. The van der Waals surface area contributed by atoms with Crippen LogP contribution in [0.15, 0.2) is 28.8 Å². The van der Waals surface area contributed by atoms with Gasteiger partial charge >= 0.3 is 0 Å². The molecule has 0 saturated carbocycles. The molecule has 20 heavy (non-hydrogen) atoms. The van der Waals surface area contributed by atoms with Gasteiger partial charge in [-0.3, -0.25) is 4.68 Å². The van der Waals surface area contributed by atoms with Crippen molar-refractivity contribution >= 4 is 11.0 Å². The number of aromatic nitrogens is 2. The van der Waals surface area contributed by atoms with Crippen LogP contribution in [0.5, 0.6) is 0 Å². The molecule has 1 unspecified atom stereocenters. The first-order chi connectivity index (χ1) is 9.47. The monoisotopic (exact) mass is 269 g/mol. The van der Waals surface area contributed by atoms with Crippen LogP contribution in [0.25, 0.3) is 11.0 Å². The fraction of sp³-hybridized carbons (Fsp3) is 0.312. The van der Waals surface area contributed by atoms with Crippen LogP contribution in [0.4, 0.5) is 0 Å². The molecule has 104 valence electrons. The summed E-state index contributed by atoms with van der Waals surface area (Å²) < 4.78 is 7.78. The minimum absolute atomic E-state index is 0.281. The van der Waals surface area contributed by atoms with Gasteiger partial charge in [-0.05, 0) is 32.4 Å². The van der Waals surface area contributed by atoms with Crippen LogP contribution in [-0.2, 0) is 7.05 Å². The standard InChI is InChI=1S/C16H19N3O/c1-9-5-6-12-10(2)16(20-14(12)7-9)15(17)13-8-19(4)18-11(13)3/h5-8,15H,17H2,1-4H3. The Hall–Kier alpha value is -2.07. The maximum atomic E-state index is 6.39.